The van der Waals surface area contributed by atoms with E-state index in [1.807, 2.05) is 7.11 Å². The zero-order chi connectivity index (χ0) is 19.5. The fourth-order valence-electron chi connectivity index (χ4n) is 5.74. The molecule has 5 nitrogen and oxygen atoms in total. The third kappa shape index (κ3) is 2.56. The van der Waals surface area contributed by atoms with E-state index >= 15 is 0 Å². The van der Waals surface area contributed by atoms with Crippen molar-refractivity contribution < 1.29 is 14.3 Å². The number of fused-ring (bicyclic) bond motifs is 2. The number of allylic oxidation sites excluding steroid dienone is 2. The van der Waals surface area contributed by atoms with E-state index in [0.717, 1.165) is 31.6 Å². The molecule has 1 aromatic heterocycles. The molecule has 0 amide bonds. The standard InChI is InChI=1S/C23H28N2O3/c1-24-13-16-9-21-23(27-3,19-5-4-6-20(24)22(16)19)11-15(12-25(21)2)14-28-18-8-7-17(26)10-18/h4-6,10,13,15,21H,7-9,11-12,14H2,1-3H3/t15-,21-,23?/m1/s1. The fraction of sp³-hybridized carbons (Fsp3) is 0.522. The molecule has 5 rings (SSSR count). The first kappa shape index (κ1) is 18.0. The highest BCUT2D eigenvalue weighted by Gasteiger charge is 2.51. The van der Waals surface area contributed by atoms with Crippen LogP contribution in [0, 0.1) is 5.92 Å². The van der Waals surface area contributed by atoms with E-state index in [1.54, 1.807) is 6.08 Å². The minimum atomic E-state index is -0.325. The van der Waals surface area contributed by atoms with Crippen molar-refractivity contribution in [2.24, 2.45) is 13.0 Å². The van der Waals surface area contributed by atoms with Crippen molar-refractivity contribution >= 4 is 16.7 Å². The molecule has 0 saturated carbocycles. The Hall–Kier alpha value is -2.11. The first-order valence-corrected chi connectivity index (χ1v) is 10.2. The number of benzene rings is 1. The Morgan fingerprint density at radius 2 is 2.11 bits per heavy atom. The number of aryl methyl sites for hydroxylation is 1. The highest BCUT2D eigenvalue weighted by Crippen LogP contribution is 2.49. The van der Waals surface area contributed by atoms with E-state index in [1.165, 1.54) is 22.0 Å². The lowest BCUT2D eigenvalue weighted by Gasteiger charge is -2.53. The molecule has 3 aliphatic rings. The maximum atomic E-state index is 11.5. The first-order valence-electron chi connectivity index (χ1n) is 10.2. The van der Waals surface area contributed by atoms with Gasteiger partial charge in [-0.05, 0) is 37.1 Å². The average Bonchev–Trinajstić information content (AvgIpc) is 3.25. The number of rotatable bonds is 4. The maximum absolute atomic E-state index is 11.5. The molecule has 28 heavy (non-hydrogen) atoms. The van der Waals surface area contributed by atoms with Crippen LogP contribution < -0.4 is 0 Å². The molecule has 2 aromatic rings. The summed E-state index contributed by atoms with van der Waals surface area (Å²) in [5, 5.41) is 1.36. The Labute approximate surface area is 165 Å². The van der Waals surface area contributed by atoms with Crippen LogP contribution in [0.5, 0.6) is 0 Å². The molecule has 5 heteroatoms. The Balaban J connectivity index is 1.50. The van der Waals surface area contributed by atoms with Crippen LogP contribution in [0.25, 0.3) is 10.9 Å². The molecule has 0 N–H and O–H groups in total. The summed E-state index contributed by atoms with van der Waals surface area (Å²) in [5.41, 5.74) is 3.68. The summed E-state index contributed by atoms with van der Waals surface area (Å²) in [7, 11) is 6.19. The molecule has 3 atom stereocenters. The van der Waals surface area contributed by atoms with Crippen LogP contribution >= 0.6 is 0 Å². The lowest BCUT2D eigenvalue weighted by atomic mass is 9.69. The zero-order valence-electron chi connectivity index (χ0n) is 16.9. The van der Waals surface area contributed by atoms with Gasteiger partial charge in [0, 0.05) is 68.7 Å². The number of aromatic nitrogens is 1. The normalized spacial score (nSPS) is 29.8. The van der Waals surface area contributed by atoms with Gasteiger partial charge in [0.1, 0.15) is 5.60 Å². The molecular formula is C23H28N2O3. The first-order chi connectivity index (χ1) is 13.5. The van der Waals surface area contributed by atoms with Gasteiger partial charge in [-0.2, -0.15) is 0 Å². The lowest BCUT2D eigenvalue weighted by Crippen LogP contribution is -2.59. The van der Waals surface area contributed by atoms with Crippen molar-refractivity contribution in [3.05, 3.63) is 47.4 Å². The number of hydrogen-bond acceptors (Lipinski definition) is 4. The van der Waals surface area contributed by atoms with Gasteiger partial charge in [-0.15, -0.1) is 0 Å². The van der Waals surface area contributed by atoms with Crippen molar-refractivity contribution in [2.45, 2.75) is 37.3 Å². The van der Waals surface area contributed by atoms with Gasteiger partial charge >= 0.3 is 0 Å². The second-order valence-electron chi connectivity index (χ2n) is 8.68. The Morgan fingerprint density at radius 1 is 1.25 bits per heavy atom. The highest BCUT2D eigenvalue weighted by molar-refractivity contribution is 5.92. The molecule has 0 spiro atoms. The van der Waals surface area contributed by atoms with E-state index in [4.69, 9.17) is 9.47 Å². The Morgan fingerprint density at radius 3 is 2.86 bits per heavy atom. The van der Waals surface area contributed by atoms with Crippen molar-refractivity contribution in [1.82, 2.24) is 9.47 Å². The van der Waals surface area contributed by atoms with Gasteiger partial charge in [0.05, 0.1) is 12.4 Å². The van der Waals surface area contributed by atoms with Crippen molar-refractivity contribution in [2.75, 3.05) is 27.3 Å². The van der Waals surface area contributed by atoms with Crippen LogP contribution in [-0.4, -0.2) is 48.6 Å². The maximum Gasteiger partial charge on any atom is 0.159 e. The van der Waals surface area contributed by atoms with Gasteiger partial charge in [0.25, 0.3) is 0 Å². The van der Waals surface area contributed by atoms with E-state index in [2.05, 4.69) is 48.0 Å². The number of nitrogens with zero attached hydrogens (tertiary/aromatic N) is 2. The minimum absolute atomic E-state index is 0.180. The van der Waals surface area contributed by atoms with Crippen LogP contribution in [0.4, 0.5) is 0 Å². The summed E-state index contributed by atoms with van der Waals surface area (Å²) in [6.45, 7) is 1.62. The molecule has 1 fully saturated rings. The predicted octanol–water partition coefficient (Wildman–Crippen LogP) is 3.16. The molecular weight excluding hydrogens is 352 g/mol. The van der Waals surface area contributed by atoms with E-state index in [0.29, 0.717) is 25.0 Å². The number of carbonyl (C=O) groups excluding carboxylic acids is 1. The van der Waals surface area contributed by atoms with Gasteiger partial charge in [-0.3, -0.25) is 9.69 Å². The third-order valence-corrected chi connectivity index (χ3v) is 6.98. The van der Waals surface area contributed by atoms with Crippen molar-refractivity contribution in [3.63, 3.8) is 0 Å². The van der Waals surface area contributed by atoms with E-state index < -0.39 is 0 Å². The van der Waals surface area contributed by atoms with E-state index in [9.17, 15) is 4.79 Å². The number of hydrogen-bond donors (Lipinski definition) is 0. The van der Waals surface area contributed by atoms with Crippen molar-refractivity contribution in [1.29, 1.82) is 0 Å². The van der Waals surface area contributed by atoms with Gasteiger partial charge in [-0.1, -0.05) is 12.1 Å². The van der Waals surface area contributed by atoms with Gasteiger partial charge in [0.2, 0.25) is 0 Å². The topological polar surface area (TPSA) is 43.7 Å². The second-order valence-corrected chi connectivity index (χ2v) is 8.68. The zero-order valence-corrected chi connectivity index (χ0v) is 16.9. The van der Waals surface area contributed by atoms with Crippen LogP contribution in [-0.2, 0) is 33.3 Å². The van der Waals surface area contributed by atoms with Gasteiger partial charge < -0.3 is 14.0 Å². The highest BCUT2D eigenvalue weighted by atomic mass is 16.5. The van der Waals surface area contributed by atoms with Gasteiger partial charge in [0.15, 0.2) is 5.78 Å². The minimum Gasteiger partial charge on any atom is -0.497 e. The van der Waals surface area contributed by atoms with Crippen LogP contribution in [0.3, 0.4) is 0 Å². The van der Waals surface area contributed by atoms with Gasteiger partial charge in [-0.25, -0.2) is 0 Å². The monoisotopic (exact) mass is 380 g/mol. The number of ether oxygens (including phenoxy) is 2. The Bertz CT molecular complexity index is 976. The average molecular weight is 380 g/mol. The number of ketones is 1. The molecule has 2 heterocycles. The summed E-state index contributed by atoms with van der Waals surface area (Å²) >= 11 is 0. The molecule has 0 radical (unpaired) electrons. The Kier molecular flexibility index (Phi) is 4.14. The predicted molar refractivity (Wildman–Crippen MR) is 108 cm³/mol. The molecule has 0 bridgehead atoms. The van der Waals surface area contributed by atoms with Crippen molar-refractivity contribution in [3.8, 4) is 0 Å². The van der Waals surface area contributed by atoms with Crippen LogP contribution in [0.15, 0.2) is 36.2 Å². The number of likely N-dealkylation sites (tertiary alicyclic amines) is 1. The smallest absolute Gasteiger partial charge is 0.159 e. The summed E-state index contributed by atoms with van der Waals surface area (Å²) < 4.78 is 14.6. The number of methoxy groups -OCH3 is 1. The summed E-state index contributed by atoms with van der Waals surface area (Å²) in [6.07, 6.45) is 7.22. The number of carbonyl (C=O) groups is 1. The largest absolute Gasteiger partial charge is 0.497 e. The molecule has 1 unspecified atom stereocenters. The van der Waals surface area contributed by atoms with Crippen LogP contribution in [0.1, 0.15) is 30.4 Å². The molecule has 1 aliphatic heterocycles. The van der Waals surface area contributed by atoms with Crippen LogP contribution in [0.2, 0.25) is 0 Å². The number of likely N-dealkylation sites (N-methyl/N-ethyl adjacent to an activating group) is 1. The summed E-state index contributed by atoms with van der Waals surface area (Å²) in [4.78, 5) is 13.9. The molecule has 1 saturated heterocycles. The quantitative estimate of drug-likeness (QED) is 0.817. The molecule has 148 valence electrons. The second kappa shape index (κ2) is 6.46. The lowest BCUT2D eigenvalue weighted by molar-refractivity contribution is -0.131. The summed E-state index contributed by atoms with van der Waals surface area (Å²) in [6, 6.07) is 6.92. The fourth-order valence-corrected chi connectivity index (χ4v) is 5.74. The molecule has 2 aliphatic carbocycles. The third-order valence-electron chi connectivity index (χ3n) is 6.98. The SMILES string of the molecule is COC12C[C@@H](COC3=CC(=O)CC3)CN(C)[C@@H]1Cc1cn(C)c3cccc2c13. The summed E-state index contributed by atoms with van der Waals surface area (Å²) in [5.74, 6) is 1.38. The van der Waals surface area contributed by atoms with E-state index in [-0.39, 0.29) is 11.4 Å². The molecule has 1 aromatic carbocycles. The number of piperidine rings is 1.